The third-order valence-electron chi connectivity index (χ3n) is 7.90. The van der Waals surface area contributed by atoms with Gasteiger partial charge in [-0.15, -0.1) is 0 Å². The fourth-order valence-corrected chi connectivity index (χ4v) is 5.41. The van der Waals surface area contributed by atoms with E-state index in [-0.39, 0.29) is 53.5 Å². The third-order valence-corrected chi connectivity index (χ3v) is 7.90. The Labute approximate surface area is 264 Å². The fourth-order valence-electron chi connectivity index (χ4n) is 5.41. The molecule has 0 radical (unpaired) electrons. The van der Waals surface area contributed by atoms with E-state index in [0.717, 1.165) is 18.5 Å². The number of hydrogen-bond donors (Lipinski definition) is 5. The highest BCUT2D eigenvalue weighted by molar-refractivity contribution is 5.97. The van der Waals surface area contributed by atoms with Gasteiger partial charge in [0.15, 0.2) is 28.5 Å². The van der Waals surface area contributed by atoms with Crippen LogP contribution in [0.15, 0.2) is 37.1 Å². The monoisotopic (exact) mass is 661 g/mol. The normalized spacial score (nSPS) is 17.9. The van der Waals surface area contributed by atoms with Crippen molar-refractivity contribution in [2.75, 3.05) is 30.4 Å². The number of imidazole rings is 1. The van der Waals surface area contributed by atoms with Crippen LogP contribution in [0.2, 0.25) is 0 Å². The first-order chi connectivity index (χ1) is 22.3. The number of piperidine rings is 1. The van der Waals surface area contributed by atoms with E-state index in [1.54, 1.807) is 9.47 Å². The molecule has 4 heterocycles. The predicted octanol–water partition coefficient (Wildman–Crippen LogP) is 2.74. The van der Waals surface area contributed by atoms with E-state index in [4.69, 9.17) is 15.6 Å². The molecule has 1 fully saturated rings. The number of hydrogen-bond acceptors (Lipinski definition) is 10. The summed E-state index contributed by atoms with van der Waals surface area (Å²) in [6.07, 6.45) is -0.700. The standard InChI is InChI=1S/C29H31F4N9O5/c1-14(27(44)45)39-28(46)40-25-22-26(37-12-36-25)42(13-38-22)10-15-6-19(16-7-18(31)21(47-2)8-17(16)30)35-9-20(15)41-5-3-4-29(34,11-41)23(43)24(32)33/h6-9,12-14,23-24,43H,3-5,10-11,34H2,1-2H3,(H,44,45)(H2,36,37,39,40,46)/t14-,23+,29+/m0/s1. The Kier molecular flexibility index (Phi) is 9.43. The number of ether oxygens (including phenoxy) is 1. The number of aromatic nitrogens is 5. The molecule has 18 heteroatoms. The summed E-state index contributed by atoms with van der Waals surface area (Å²) in [5.41, 5.74) is 5.82. The second kappa shape index (κ2) is 13.3. The maximum absolute atomic E-state index is 15.1. The molecular formula is C29H31F4N9O5. The number of benzene rings is 1. The predicted molar refractivity (Wildman–Crippen MR) is 160 cm³/mol. The Hall–Kier alpha value is -5.10. The second-order valence-electron chi connectivity index (χ2n) is 11.1. The summed E-state index contributed by atoms with van der Waals surface area (Å²) in [6, 6.07) is 1.31. The van der Waals surface area contributed by atoms with Crippen LogP contribution in [0.4, 0.5) is 33.9 Å². The lowest BCUT2D eigenvalue weighted by atomic mass is 9.84. The minimum atomic E-state index is -3.07. The van der Waals surface area contributed by atoms with E-state index in [0.29, 0.717) is 24.2 Å². The Morgan fingerprint density at radius 3 is 2.62 bits per heavy atom. The number of carbonyl (C=O) groups excluding carboxylic acids is 1. The first kappa shape index (κ1) is 33.3. The molecule has 14 nitrogen and oxygen atoms in total. The highest BCUT2D eigenvalue weighted by Crippen LogP contribution is 2.35. The molecule has 1 saturated heterocycles. The molecule has 1 aromatic carbocycles. The Morgan fingerprint density at radius 1 is 1.15 bits per heavy atom. The van der Waals surface area contributed by atoms with Gasteiger partial charge in [0.05, 0.1) is 43.1 Å². The zero-order chi connectivity index (χ0) is 34.0. The number of pyridine rings is 1. The van der Waals surface area contributed by atoms with Crippen molar-refractivity contribution in [3.63, 3.8) is 0 Å². The largest absolute Gasteiger partial charge is 0.494 e. The number of fused-ring (bicyclic) bond motifs is 1. The molecule has 0 bridgehead atoms. The van der Waals surface area contributed by atoms with Crippen LogP contribution >= 0.6 is 0 Å². The summed E-state index contributed by atoms with van der Waals surface area (Å²) in [6.45, 7) is 1.50. The molecule has 1 aliphatic rings. The number of anilines is 2. The van der Waals surface area contributed by atoms with Crippen LogP contribution in [0.1, 0.15) is 25.3 Å². The van der Waals surface area contributed by atoms with Crippen molar-refractivity contribution in [1.29, 1.82) is 0 Å². The summed E-state index contributed by atoms with van der Waals surface area (Å²) >= 11 is 0. The average molecular weight is 662 g/mol. The molecule has 1 aliphatic heterocycles. The number of carbonyl (C=O) groups is 2. The van der Waals surface area contributed by atoms with E-state index in [2.05, 4.69) is 30.6 Å². The lowest BCUT2D eigenvalue weighted by molar-refractivity contribution is -0.138. The van der Waals surface area contributed by atoms with Crippen molar-refractivity contribution in [3.8, 4) is 17.0 Å². The number of aliphatic hydroxyl groups is 1. The Balaban J connectivity index is 1.54. The second-order valence-corrected chi connectivity index (χ2v) is 11.1. The molecule has 0 unspecified atom stereocenters. The molecule has 6 N–H and O–H groups in total. The molecule has 5 rings (SSSR count). The number of urea groups is 1. The van der Waals surface area contributed by atoms with Crippen LogP contribution in [-0.4, -0.2) is 91.0 Å². The number of amides is 2. The van der Waals surface area contributed by atoms with Crippen molar-refractivity contribution in [2.24, 2.45) is 5.73 Å². The lowest BCUT2D eigenvalue weighted by Crippen LogP contribution is -2.63. The van der Waals surface area contributed by atoms with Crippen LogP contribution in [-0.2, 0) is 11.3 Å². The summed E-state index contributed by atoms with van der Waals surface area (Å²) in [7, 11) is 1.20. The zero-order valence-corrected chi connectivity index (χ0v) is 25.1. The summed E-state index contributed by atoms with van der Waals surface area (Å²) < 4.78 is 63.2. The minimum absolute atomic E-state index is 0.00816. The average Bonchev–Trinajstić information content (AvgIpc) is 3.44. The number of nitrogens with zero attached hydrogens (tertiary/aromatic N) is 6. The Bertz CT molecular complexity index is 1810. The summed E-state index contributed by atoms with van der Waals surface area (Å²) in [5, 5.41) is 24.0. The van der Waals surface area contributed by atoms with Gasteiger partial charge in [-0.1, -0.05) is 0 Å². The van der Waals surface area contributed by atoms with Gasteiger partial charge in [0.2, 0.25) is 0 Å². The number of aliphatic hydroxyl groups excluding tert-OH is 1. The number of carboxylic acid groups (broad SMARTS) is 1. The fraction of sp³-hybridized carbons (Fsp3) is 0.379. The number of nitrogens with two attached hydrogens (primary N) is 1. The van der Waals surface area contributed by atoms with E-state index in [1.807, 2.05) is 0 Å². The molecule has 0 saturated carbocycles. The molecule has 0 spiro atoms. The van der Waals surface area contributed by atoms with Gasteiger partial charge in [-0.2, -0.15) is 0 Å². The van der Waals surface area contributed by atoms with E-state index in [9.17, 15) is 27.9 Å². The van der Waals surface area contributed by atoms with Crippen LogP contribution in [0.25, 0.3) is 22.4 Å². The van der Waals surface area contributed by atoms with Gasteiger partial charge in [-0.05, 0) is 37.5 Å². The van der Waals surface area contributed by atoms with Gasteiger partial charge in [-0.3, -0.25) is 15.1 Å². The number of alkyl halides is 2. The zero-order valence-electron chi connectivity index (χ0n) is 25.1. The van der Waals surface area contributed by atoms with E-state index in [1.165, 1.54) is 32.6 Å². The molecule has 4 aromatic rings. The maximum atomic E-state index is 15.1. The molecule has 0 aliphatic carbocycles. The SMILES string of the molecule is COc1cc(F)c(-c2cc(Cn3cnc4c(NC(=O)N[C@@H](C)C(=O)O)ncnc43)c(N3CCC[C@](N)([C@H](O)C(F)F)C3)cn2)cc1F. The first-order valence-corrected chi connectivity index (χ1v) is 14.3. The van der Waals surface area contributed by atoms with Crippen molar-refractivity contribution < 1.29 is 42.1 Å². The number of aliphatic carboxylic acids is 1. The number of halogens is 4. The van der Waals surface area contributed by atoms with E-state index >= 15 is 4.39 Å². The van der Waals surface area contributed by atoms with Crippen LogP contribution in [0, 0.1) is 11.6 Å². The van der Waals surface area contributed by atoms with Crippen molar-refractivity contribution in [1.82, 2.24) is 29.8 Å². The molecule has 3 aromatic heterocycles. The molecule has 47 heavy (non-hydrogen) atoms. The van der Waals surface area contributed by atoms with Crippen molar-refractivity contribution >= 4 is 34.7 Å². The highest BCUT2D eigenvalue weighted by Gasteiger charge is 2.43. The number of rotatable bonds is 10. The topological polar surface area (TPSA) is 194 Å². The van der Waals surface area contributed by atoms with Crippen LogP contribution < -0.4 is 26.0 Å². The molecular weight excluding hydrogens is 630 g/mol. The molecule has 250 valence electrons. The summed E-state index contributed by atoms with van der Waals surface area (Å²) in [5.74, 6) is -3.18. The molecule has 3 atom stereocenters. The lowest BCUT2D eigenvalue weighted by Gasteiger charge is -2.44. The number of methoxy groups -OCH3 is 1. The quantitative estimate of drug-likeness (QED) is 0.157. The minimum Gasteiger partial charge on any atom is -0.494 e. The van der Waals surface area contributed by atoms with Gasteiger partial charge in [0.1, 0.15) is 24.3 Å². The summed E-state index contributed by atoms with van der Waals surface area (Å²) in [4.78, 5) is 42.1. The van der Waals surface area contributed by atoms with Crippen LogP contribution in [0.3, 0.4) is 0 Å². The maximum Gasteiger partial charge on any atom is 0.325 e. The number of nitrogens with one attached hydrogen (secondary N) is 2. The van der Waals surface area contributed by atoms with Crippen molar-refractivity contribution in [3.05, 3.63) is 54.2 Å². The van der Waals surface area contributed by atoms with Gasteiger partial charge >= 0.3 is 12.0 Å². The van der Waals surface area contributed by atoms with Gasteiger partial charge in [0, 0.05) is 24.7 Å². The van der Waals surface area contributed by atoms with Gasteiger partial charge in [0.25, 0.3) is 6.43 Å². The van der Waals surface area contributed by atoms with Crippen molar-refractivity contribution in [2.45, 2.75) is 50.4 Å². The van der Waals surface area contributed by atoms with Gasteiger partial charge in [-0.25, -0.2) is 37.3 Å². The number of carboxylic acids is 1. The van der Waals surface area contributed by atoms with Gasteiger partial charge < -0.3 is 35.5 Å². The smallest absolute Gasteiger partial charge is 0.325 e. The highest BCUT2D eigenvalue weighted by atomic mass is 19.3. The van der Waals surface area contributed by atoms with E-state index < -0.39 is 47.7 Å². The Morgan fingerprint density at radius 2 is 1.91 bits per heavy atom. The third kappa shape index (κ3) is 6.87. The molecule has 2 amide bonds. The first-order valence-electron chi connectivity index (χ1n) is 14.3. The van der Waals surface area contributed by atoms with Crippen LogP contribution in [0.5, 0.6) is 5.75 Å².